The van der Waals surface area contributed by atoms with Gasteiger partial charge in [-0.05, 0) is 81.5 Å². The molecule has 3 aromatic carbocycles. The summed E-state index contributed by atoms with van der Waals surface area (Å²) in [6, 6.07) is 21.7. The van der Waals surface area contributed by atoms with Crippen molar-refractivity contribution in [2.24, 2.45) is 0 Å². The molecule has 0 aliphatic rings. The van der Waals surface area contributed by atoms with E-state index in [-0.39, 0.29) is 37.7 Å². The van der Waals surface area contributed by atoms with Crippen LogP contribution in [0.1, 0.15) is 55.9 Å². The van der Waals surface area contributed by atoms with E-state index < -0.39 is 21.6 Å². The van der Waals surface area contributed by atoms with Crippen LogP contribution in [0.3, 0.4) is 0 Å². The van der Waals surface area contributed by atoms with Crippen LogP contribution in [0.15, 0.2) is 72.8 Å². The maximum atomic E-state index is 14.0. The molecule has 9 heteroatoms. The third kappa shape index (κ3) is 9.88. The molecule has 0 spiro atoms. The van der Waals surface area contributed by atoms with Gasteiger partial charge in [0.1, 0.15) is 6.04 Å². The van der Waals surface area contributed by atoms with E-state index in [1.807, 2.05) is 95.3 Å². The molecule has 42 heavy (non-hydrogen) atoms. The third-order valence-electron chi connectivity index (χ3n) is 6.80. The monoisotopic (exact) mass is 611 g/mol. The zero-order chi connectivity index (χ0) is 31.1. The SMILES string of the molecule is Cc1ccc(C)c(N(CCCC(=O)N(Cc2cccc(Cl)c2)[C@@H](Cc2ccccc2)C(=O)NC(C)(C)C)S(C)(=O)=O)c1. The maximum Gasteiger partial charge on any atom is 0.243 e. The Bertz CT molecular complexity index is 1490. The summed E-state index contributed by atoms with van der Waals surface area (Å²) in [5.41, 5.74) is 3.60. The topological polar surface area (TPSA) is 86.8 Å². The molecule has 7 nitrogen and oxygen atoms in total. The number of benzene rings is 3. The number of sulfonamides is 1. The van der Waals surface area contributed by atoms with Gasteiger partial charge in [-0.1, -0.05) is 66.2 Å². The average Bonchev–Trinajstić information content (AvgIpc) is 2.89. The second-order valence-corrected chi connectivity index (χ2v) is 14.2. The Morgan fingerprint density at radius 1 is 0.929 bits per heavy atom. The molecule has 0 heterocycles. The first-order valence-electron chi connectivity index (χ1n) is 14.1. The Kier molecular flexibility index (Phi) is 11.2. The van der Waals surface area contributed by atoms with Gasteiger partial charge < -0.3 is 10.2 Å². The summed E-state index contributed by atoms with van der Waals surface area (Å²) in [6.45, 7) is 9.81. The van der Waals surface area contributed by atoms with Gasteiger partial charge in [-0.15, -0.1) is 0 Å². The molecule has 0 saturated heterocycles. The zero-order valence-electron chi connectivity index (χ0n) is 25.4. The second kappa shape index (κ2) is 14.2. The third-order valence-corrected chi connectivity index (χ3v) is 8.21. The van der Waals surface area contributed by atoms with E-state index in [1.54, 1.807) is 17.0 Å². The van der Waals surface area contributed by atoms with Crippen molar-refractivity contribution in [3.05, 3.63) is 100 Å². The number of rotatable bonds is 12. The molecule has 0 aromatic heterocycles. The molecule has 226 valence electrons. The summed E-state index contributed by atoms with van der Waals surface area (Å²) in [5.74, 6) is -0.496. The van der Waals surface area contributed by atoms with Gasteiger partial charge in [-0.25, -0.2) is 8.42 Å². The molecule has 3 rings (SSSR count). The number of nitrogens with zero attached hydrogens (tertiary/aromatic N) is 2. The molecule has 0 radical (unpaired) electrons. The fourth-order valence-corrected chi connectivity index (χ4v) is 6.04. The molecular formula is C33H42ClN3O4S. The van der Waals surface area contributed by atoms with E-state index in [0.29, 0.717) is 17.1 Å². The van der Waals surface area contributed by atoms with E-state index >= 15 is 0 Å². The van der Waals surface area contributed by atoms with Crippen molar-refractivity contribution in [2.75, 3.05) is 17.1 Å². The van der Waals surface area contributed by atoms with E-state index in [9.17, 15) is 18.0 Å². The predicted molar refractivity (Wildman–Crippen MR) is 171 cm³/mol. The van der Waals surface area contributed by atoms with Crippen molar-refractivity contribution >= 4 is 39.1 Å². The number of hydrogen-bond donors (Lipinski definition) is 1. The summed E-state index contributed by atoms with van der Waals surface area (Å²) in [7, 11) is -3.59. The first kappa shape index (κ1) is 33.1. The summed E-state index contributed by atoms with van der Waals surface area (Å²) >= 11 is 6.26. The lowest BCUT2D eigenvalue weighted by molar-refractivity contribution is -0.142. The van der Waals surface area contributed by atoms with Crippen LogP contribution in [0.4, 0.5) is 5.69 Å². The number of anilines is 1. The molecule has 0 aliphatic carbocycles. The first-order chi connectivity index (χ1) is 19.6. The van der Waals surface area contributed by atoms with Crippen LogP contribution in [-0.4, -0.2) is 49.5 Å². The normalized spacial score (nSPS) is 12.5. The van der Waals surface area contributed by atoms with Crippen molar-refractivity contribution in [1.82, 2.24) is 10.2 Å². The fraction of sp³-hybridized carbons (Fsp3) is 0.394. The van der Waals surface area contributed by atoms with Crippen LogP contribution in [-0.2, 0) is 32.6 Å². The van der Waals surface area contributed by atoms with Gasteiger partial charge in [0, 0.05) is 36.5 Å². The molecule has 1 N–H and O–H groups in total. The smallest absolute Gasteiger partial charge is 0.243 e. The standard InChI is InChI=1S/C33H42ClN3O4S/c1-24-17-18-25(2)29(20-24)37(42(6,40)41)19-11-16-31(38)36(23-27-14-10-15-28(34)21-27)30(32(39)35-33(3,4)5)22-26-12-8-7-9-13-26/h7-10,12-15,17-18,20-21,30H,11,16,19,22-23H2,1-6H3,(H,35,39)/t30-/m0/s1. The summed E-state index contributed by atoms with van der Waals surface area (Å²) in [5, 5.41) is 3.59. The Balaban J connectivity index is 1.92. The van der Waals surface area contributed by atoms with Gasteiger partial charge >= 0.3 is 0 Å². The maximum absolute atomic E-state index is 14.0. The van der Waals surface area contributed by atoms with Gasteiger partial charge in [0.15, 0.2) is 0 Å². The van der Waals surface area contributed by atoms with E-state index in [2.05, 4.69) is 5.32 Å². The van der Waals surface area contributed by atoms with Crippen LogP contribution in [0.25, 0.3) is 0 Å². The lowest BCUT2D eigenvalue weighted by atomic mass is 10.00. The Morgan fingerprint density at radius 2 is 1.60 bits per heavy atom. The molecule has 1 atom stereocenters. The highest BCUT2D eigenvalue weighted by Gasteiger charge is 2.32. The minimum absolute atomic E-state index is 0.0610. The summed E-state index contributed by atoms with van der Waals surface area (Å²) < 4.78 is 26.9. The zero-order valence-corrected chi connectivity index (χ0v) is 26.9. The molecule has 3 aromatic rings. The van der Waals surface area contributed by atoms with E-state index in [4.69, 9.17) is 11.6 Å². The van der Waals surface area contributed by atoms with Crippen LogP contribution >= 0.6 is 11.6 Å². The van der Waals surface area contributed by atoms with Crippen LogP contribution < -0.4 is 9.62 Å². The van der Waals surface area contributed by atoms with Crippen LogP contribution in [0, 0.1) is 13.8 Å². The number of carbonyl (C=O) groups is 2. The van der Waals surface area contributed by atoms with Crippen molar-refractivity contribution in [1.29, 1.82) is 0 Å². The van der Waals surface area contributed by atoms with Crippen LogP contribution in [0.2, 0.25) is 5.02 Å². The second-order valence-electron chi connectivity index (χ2n) is 11.8. The number of halogens is 1. The molecule has 0 fully saturated rings. The van der Waals surface area contributed by atoms with Gasteiger partial charge in [0.05, 0.1) is 11.9 Å². The minimum Gasteiger partial charge on any atom is -0.350 e. The van der Waals surface area contributed by atoms with Crippen molar-refractivity contribution in [2.45, 2.75) is 72.0 Å². The summed E-state index contributed by atoms with van der Waals surface area (Å²) in [4.78, 5) is 29.3. The Hall–Kier alpha value is -3.36. The summed E-state index contributed by atoms with van der Waals surface area (Å²) in [6.07, 6.45) is 1.84. The van der Waals surface area contributed by atoms with Gasteiger partial charge in [0.25, 0.3) is 0 Å². The van der Waals surface area contributed by atoms with Crippen molar-refractivity contribution in [3.8, 4) is 0 Å². The highest BCUT2D eigenvalue weighted by atomic mass is 35.5. The Labute approximate surface area is 255 Å². The van der Waals surface area contributed by atoms with E-state index in [1.165, 1.54) is 10.6 Å². The molecule has 0 bridgehead atoms. The quantitative estimate of drug-likeness (QED) is 0.270. The minimum atomic E-state index is -3.59. The highest BCUT2D eigenvalue weighted by molar-refractivity contribution is 7.92. The largest absolute Gasteiger partial charge is 0.350 e. The van der Waals surface area contributed by atoms with E-state index in [0.717, 1.165) is 22.3 Å². The Morgan fingerprint density at radius 3 is 2.21 bits per heavy atom. The van der Waals surface area contributed by atoms with Gasteiger partial charge in [0.2, 0.25) is 21.8 Å². The van der Waals surface area contributed by atoms with Gasteiger partial charge in [-0.2, -0.15) is 0 Å². The predicted octanol–water partition coefficient (Wildman–Crippen LogP) is 6.06. The molecule has 0 unspecified atom stereocenters. The number of aryl methyl sites for hydroxylation is 2. The molecule has 2 amide bonds. The number of nitrogens with one attached hydrogen (secondary N) is 1. The van der Waals surface area contributed by atoms with Gasteiger partial charge in [-0.3, -0.25) is 13.9 Å². The fourth-order valence-electron chi connectivity index (χ4n) is 4.81. The number of amides is 2. The number of hydrogen-bond acceptors (Lipinski definition) is 4. The van der Waals surface area contributed by atoms with Crippen molar-refractivity contribution < 1.29 is 18.0 Å². The first-order valence-corrected chi connectivity index (χ1v) is 16.3. The average molecular weight is 612 g/mol. The number of carbonyl (C=O) groups excluding carboxylic acids is 2. The molecule has 0 saturated carbocycles. The lowest BCUT2D eigenvalue weighted by Crippen LogP contribution is -2.54. The highest BCUT2D eigenvalue weighted by Crippen LogP contribution is 2.25. The molecular weight excluding hydrogens is 570 g/mol. The van der Waals surface area contributed by atoms with Crippen molar-refractivity contribution in [3.63, 3.8) is 0 Å². The van der Waals surface area contributed by atoms with Crippen LogP contribution in [0.5, 0.6) is 0 Å². The molecule has 0 aliphatic heterocycles. The lowest BCUT2D eigenvalue weighted by Gasteiger charge is -2.34.